The van der Waals surface area contributed by atoms with Gasteiger partial charge in [0.15, 0.2) is 0 Å². The number of carbonyl (C=O) groups is 1. The van der Waals surface area contributed by atoms with Gasteiger partial charge >= 0.3 is 0 Å². The fourth-order valence-corrected chi connectivity index (χ4v) is 4.47. The van der Waals surface area contributed by atoms with Gasteiger partial charge in [-0.1, -0.05) is 43.1 Å². The number of anilines is 2. The van der Waals surface area contributed by atoms with E-state index in [4.69, 9.17) is 23.2 Å². The van der Waals surface area contributed by atoms with Gasteiger partial charge < -0.3 is 5.32 Å². The quantitative estimate of drug-likeness (QED) is 0.344. The Labute approximate surface area is 197 Å². The van der Waals surface area contributed by atoms with Crippen LogP contribution in [0, 0.1) is 0 Å². The van der Waals surface area contributed by atoms with Crippen LogP contribution in [0.15, 0.2) is 70.5 Å². The molecule has 0 saturated carbocycles. The first-order valence-electron chi connectivity index (χ1n) is 9.29. The molecule has 2 N–H and O–H groups in total. The smallest absolute Gasteiger partial charge is 0.261 e. The van der Waals surface area contributed by atoms with Crippen molar-refractivity contribution in [2.45, 2.75) is 29.6 Å². The summed E-state index contributed by atoms with van der Waals surface area (Å²) in [4.78, 5) is 13.6. The van der Waals surface area contributed by atoms with Gasteiger partial charge in [-0.3, -0.25) is 9.52 Å². The van der Waals surface area contributed by atoms with Gasteiger partial charge in [0, 0.05) is 14.9 Å². The second-order valence-electron chi connectivity index (χ2n) is 7.13. The van der Waals surface area contributed by atoms with Crippen molar-refractivity contribution in [2.75, 3.05) is 10.0 Å². The van der Waals surface area contributed by atoms with E-state index in [1.54, 1.807) is 6.07 Å². The number of sulfonamides is 1. The van der Waals surface area contributed by atoms with E-state index in [-0.39, 0.29) is 16.1 Å². The monoisotopic (exact) mass is 494 g/mol. The molecule has 0 radical (unpaired) electrons. The highest BCUT2D eigenvalue weighted by molar-refractivity contribution is 7.92. The summed E-state index contributed by atoms with van der Waals surface area (Å²) in [6.07, 6.45) is 0. The number of halogens is 2. The zero-order valence-electron chi connectivity index (χ0n) is 16.7. The zero-order valence-corrected chi connectivity index (χ0v) is 19.9. The summed E-state index contributed by atoms with van der Waals surface area (Å²) in [5.74, 6) is -0.207. The Kier molecular flexibility index (Phi) is 7.21. The van der Waals surface area contributed by atoms with Crippen LogP contribution in [0.3, 0.4) is 0 Å². The average molecular weight is 495 g/mol. The van der Waals surface area contributed by atoms with Crippen molar-refractivity contribution in [3.05, 3.63) is 81.8 Å². The molecule has 1 amide bonds. The van der Waals surface area contributed by atoms with E-state index in [1.165, 1.54) is 42.5 Å². The van der Waals surface area contributed by atoms with E-state index in [9.17, 15) is 13.2 Å². The summed E-state index contributed by atoms with van der Waals surface area (Å²) < 4.78 is 28.0. The normalized spacial score (nSPS) is 11.4. The maximum atomic E-state index is 13.0. The third-order valence-corrected chi connectivity index (χ3v) is 6.77. The Balaban J connectivity index is 1.91. The van der Waals surface area contributed by atoms with E-state index in [0.29, 0.717) is 26.5 Å². The molecule has 0 spiro atoms. The average Bonchev–Trinajstić information content (AvgIpc) is 2.70. The lowest BCUT2D eigenvalue weighted by atomic mass is 10.0. The summed E-state index contributed by atoms with van der Waals surface area (Å²) in [6.45, 7) is 4.12. The molecule has 0 saturated heterocycles. The minimum absolute atomic E-state index is 0.0140. The fourth-order valence-electron chi connectivity index (χ4n) is 2.81. The van der Waals surface area contributed by atoms with Crippen LogP contribution in [0.5, 0.6) is 0 Å². The third-order valence-electron chi connectivity index (χ3n) is 4.53. The molecule has 0 aromatic heterocycles. The van der Waals surface area contributed by atoms with Crippen LogP contribution in [0.1, 0.15) is 35.7 Å². The molecule has 0 fully saturated rings. The maximum absolute atomic E-state index is 13.0. The second kappa shape index (κ2) is 9.53. The molecule has 0 heterocycles. The van der Waals surface area contributed by atoms with Crippen LogP contribution in [-0.4, -0.2) is 14.3 Å². The molecule has 3 rings (SSSR count). The number of rotatable bonds is 6. The van der Waals surface area contributed by atoms with Gasteiger partial charge in [-0.05, 0) is 66.1 Å². The molecule has 9 heteroatoms. The predicted octanol–water partition coefficient (Wildman–Crippen LogP) is 6.46. The SMILES string of the molecule is CC(C)c1ccc(NC(=O)c2cc(Cl)ccc2NS(=O)(=O)c2ccc(Cl)cc2)c(S)c1. The van der Waals surface area contributed by atoms with Crippen LogP contribution >= 0.6 is 35.8 Å². The van der Waals surface area contributed by atoms with E-state index < -0.39 is 15.9 Å². The van der Waals surface area contributed by atoms with E-state index in [1.807, 2.05) is 12.1 Å². The number of hydrogen-bond acceptors (Lipinski definition) is 4. The first kappa shape index (κ1) is 23.5. The van der Waals surface area contributed by atoms with Gasteiger partial charge in [0.1, 0.15) is 0 Å². The molecule has 5 nitrogen and oxygen atoms in total. The van der Waals surface area contributed by atoms with Crippen LogP contribution in [-0.2, 0) is 10.0 Å². The highest BCUT2D eigenvalue weighted by Crippen LogP contribution is 2.28. The van der Waals surface area contributed by atoms with Crippen LogP contribution in [0.4, 0.5) is 11.4 Å². The lowest BCUT2D eigenvalue weighted by Crippen LogP contribution is -2.19. The standard InChI is InChI=1S/C22H20Cl2N2O3S2/c1-13(2)14-3-9-20(21(30)11-14)25-22(27)18-12-16(24)6-10-19(18)26-31(28,29)17-7-4-15(23)5-8-17/h3-13,26,30H,1-2H3,(H,25,27). The number of carbonyl (C=O) groups excluding carboxylic acids is 1. The number of amides is 1. The summed E-state index contributed by atoms with van der Waals surface area (Å²) in [7, 11) is -3.94. The van der Waals surface area contributed by atoms with Crippen molar-refractivity contribution in [2.24, 2.45) is 0 Å². The molecule has 0 bridgehead atoms. The molecular weight excluding hydrogens is 475 g/mol. The molecule has 31 heavy (non-hydrogen) atoms. The minimum Gasteiger partial charge on any atom is -0.321 e. The van der Waals surface area contributed by atoms with Crippen molar-refractivity contribution in [3.8, 4) is 0 Å². The lowest BCUT2D eigenvalue weighted by Gasteiger charge is -2.15. The minimum atomic E-state index is -3.94. The molecule has 0 atom stereocenters. The Hall–Kier alpha value is -2.19. The summed E-state index contributed by atoms with van der Waals surface area (Å²) in [5, 5.41) is 3.47. The molecule has 0 aliphatic carbocycles. The Morgan fingerprint density at radius 1 is 0.903 bits per heavy atom. The van der Waals surface area contributed by atoms with Crippen molar-refractivity contribution >= 4 is 63.1 Å². The fraction of sp³-hybridized carbons (Fsp3) is 0.136. The lowest BCUT2D eigenvalue weighted by molar-refractivity contribution is 0.102. The molecule has 3 aromatic carbocycles. The van der Waals surface area contributed by atoms with Crippen molar-refractivity contribution < 1.29 is 13.2 Å². The Bertz CT molecular complexity index is 1230. The molecule has 0 unspecified atom stereocenters. The third kappa shape index (κ3) is 5.74. The number of hydrogen-bond donors (Lipinski definition) is 3. The van der Waals surface area contributed by atoms with E-state index >= 15 is 0 Å². The molecular formula is C22H20Cl2N2O3S2. The topological polar surface area (TPSA) is 75.3 Å². The summed E-state index contributed by atoms with van der Waals surface area (Å²) >= 11 is 16.4. The van der Waals surface area contributed by atoms with Gasteiger partial charge in [-0.2, -0.15) is 0 Å². The Morgan fingerprint density at radius 2 is 1.52 bits per heavy atom. The number of nitrogens with one attached hydrogen (secondary N) is 2. The van der Waals surface area contributed by atoms with Crippen molar-refractivity contribution in [1.82, 2.24) is 0 Å². The molecule has 0 aliphatic rings. The summed E-state index contributed by atoms with van der Waals surface area (Å²) in [5.41, 5.74) is 1.76. The number of thiol groups is 1. The molecule has 162 valence electrons. The zero-order chi connectivity index (χ0) is 22.8. The van der Waals surface area contributed by atoms with E-state index in [2.05, 4.69) is 36.5 Å². The van der Waals surface area contributed by atoms with Crippen molar-refractivity contribution in [3.63, 3.8) is 0 Å². The first-order chi connectivity index (χ1) is 14.6. The predicted molar refractivity (Wildman–Crippen MR) is 129 cm³/mol. The first-order valence-corrected chi connectivity index (χ1v) is 12.0. The molecule has 3 aromatic rings. The van der Waals surface area contributed by atoms with Gasteiger partial charge in [0.05, 0.1) is 21.8 Å². The van der Waals surface area contributed by atoms with Gasteiger partial charge in [-0.25, -0.2) is 8.42 Å². The summed E-state index contributed by atoms with van der Waals surface area (Å²) in [6, 6.07) is 15.6. The van der Waals surface area contributed by atoms with Crippen LogP contribution < -0.4 is 10.0 Å². The number of benzene rings is 3. The Morgan fingerprint density at radius 3 is 2.13 bits per heavy atom. The van der Waals surface area contributed by atoms with Gasteiger partial charge in [0.25, 0.3) is 15.9 Å². The maximum Gasteiger partial charge on any atom is 0.261 e. The van der Waals surface area contributed by atoms with Crippen molar-refractivity contribution in [1.29, 1.82) is 0 Å². The van der Waals surface area contributed by atoms with E-state index in [0.717, 1.165) is 5.56 Å². The molecule has 0 aliphatic heterocycles. The largest absolute Gasteiger partial charge is 0.321 e. The van der Waals surface area contributed by atoms with Crippen LogP contribution in [0.25, 0.3) is 0 Å². The van der Waals surface area contributed by atoms with Gasteiger partial charge in [-0.15, -0.1) is 12.6 Å². The highest BCUT2D eigenvalue weighted by Gasteiger charge is 2.20. The van der Waals surface area contributed by atoms with Gasteiger partial charge in [0.2, 0.25) is 0 Å². The second-order valence-corrected chi connectivity index (χ2v) is 10.2. The highest BCUT2D eigenvalue weighted by atomic mass is 35.5. The van der Waals surface area contributed by atoms with Crippen LogP contribution in [0.2, 0.25) is 10.0 Å².